The normalized spacial score (nSPS) is 12.0. The molecule has 0 aliphatic rings. The first-order valence-corrected chi connectivity index (χ1v) is 11.8. The number of carbonyl (C=O) groups excluding carboxylic acids is 1. The topological polar surface area (TPSA) is 103 Å². The molecule has 0 saturated heterocycles. The maximum absolute atomic E-state index is 12.2. The van der Waals surface area contributed by atoms with Crippen LogP contribution in [0.2, 0.25) is 10.0 Å². The first kappa shape index (κ1) is 26.5. The summed E-state index contributed by atoms with van der Waals surface area (Å²) >= 11 is 11.7. The van der Waals surface area contributed by atoms with E-state index >= 15 is 0 Å². The van der Waals surface area contributed by atoms with Gasteiger partial charge in [-0.3, -0.25) is 4.79 Å². The summed E-state index contributed by atoms with van der Waals surface area (Å²) in [7, 11) is 0. The Morgan fingerprint density at radius 3 is 2.60 bits per heavy atom. The van der Waals surface area contributed by atoms with Gasteiger partial charge in [-0.05, 0) is 78.6 Å². The fourth-order valence-electron chi connectivity index (χ4n) is 3.29. The second-order valence-electron chi connectivity index (χ2n) is 7.90. The zero-order valence-corrected chi connectivity index (χ0v) is 20.7. The lowest BCUT2D eigenvalue weighted by atomic mass is 10.1. The van der Waals surface area contributed by atoms with E-state index in [1.54, 1.807) is 6.21 Å². The van der Waals surface area contributed by atoms with Gasteiger partial charge >= 0.3 is 0 Å². The fourth-order valence-corrected chi connectivity index (χ4v) is 3.60. The van der Waals surface area contributed by atoms with E-state index in [2.05, 4.69) is 15.8 Å². The van der Waals surface area contributed by atoms with Crippen molar-refractivity contribution in [3.63, 3.8) is 0 Å². The molecule has 35 heavy (non-hydrogen) atoms. The van der Waals surface area contributed by atoms with Crippen molar-refractivity contribution >= 4 is 35.3 Å². The number of aryl methyl sites for hydroxylation is 1. The molecule has 188 valence electrons. The lowest BCUT2D eigenvalue weighted by Gasteiger charge is -2.17. The molecule has 0 saturated carbocycles. The highest BCUT2D eigenvalue weighted by Crippen LogP contribution is 2.23. The predicted octanol–water partition coefficient (Wildman–Crippen LogP) is 4.84. The third-order valence-electron chi connectivity index (χ3n) is 5.24. The van der Waals surface area contributed by atoms with Crippen molar-refractivity contribution in [3.05, 3.63) is 93.0 Å². The lowest BCUT2D eigenvalue weighted by molar-refractivity contribution is 0.0955. The van der Waals surface area contributed by atoms with Gasteiger partial charge in [-0.2, -0.15) is 5.10 Å². The molecular formula is C26H31Cl2N3O4. The van der Waals surface area contributed by atoms with Crippen molar-refractivity contribution in [1.82, 2.24) is 10.7 Å². The molecule has 1 unspecified atom stereocenters. The molecule has 0 aliphatic heterocycles. The van der Waals surface area contributed by atoms with E-state index in [0.29, 0.717) is 30.3 Å². The van der Waals surface area contributed by atoms with Crippen molar-refractivity contribution in [2.45, 2.75) is 19.4 Å². The molecule has 0 radical (unpaired) electrons. The number of phenols is 1. The smallest absolute Gasteiger partial charge is 0.271 e. The number of halogens is 2. The molecule has 1 amide bonds. The van der Waals surface area contributed by atoms with E-state index < -0.39 is 5.91 Å². The average molecular weight is 520 g/mol. The van der Waals surface area contributed by atoms with Crippen LogP contribution in [0.3, 0.4) is 0 Å². The molecule has 3 aromatic carbocycles. The highest BCUT2D eigenvalue weighted by Gasteiger charge is 2.09. The van der Waals surface area contributed by atoms with Gasteiger partial charge in [0.1, 0.15) is 18.1 Å². The summed E-state index contributed by atoms with van der Waals surface area (Å²) in [5.41, 5.74) is 5.57. The van der Waals surface area contributed by atoms with Crippen LogP contribution in [0, 0.1) is 6.92 Å². The van der Waals surface area contributed by atoms with Gasteiger partial charge < -0.3 is 20.3 Å². The van der Waals surface area contributed by atoms with E-state index in [1.807, 2.05) is 49.4 Å². The van der Waals surface area contributed by atoms with Crippen molar-refractivity contribution < 1.29 is 22.6 Å². The fraction of sp³-hybridized carbons (Fsp3) is 0.231. The number of amides is 1. The highest BCUT2D eigenvalue weighted by molar-refractivity contribution is 6.32. The Hall–Kier alpha value is -3.10. The maximum Gasteiger partial charge on any atom is 0.271 e. The van der Waals surface area contributed by atoms with E-state index in [4.69, 9.17) is 27.9 Å². The zero-order valence-electron chi connectivity index (χ0n) is 19.2. The number of hydrogen-bond donors (Lipinski definition) is 4. The number of benzene rings is 3. The molecule has 4 N–H and O–H groups in total. The summed E-state index contributed by atoms with van der Waals surface area (Å²) in [6.45, 7) is 2.96. The van der Waals surface area contributed by atoms with E-state index in [-0.39, 0.29) is 31.8 Å². The molecule has 0 aliphatic carbocycles. The summed E-state index contributed by atoms with van der Waals surface area (Å²) < 4.78 is 5.82. The summed E-state index contributed by atoms with van der Waals surface area (Å²) in [6.07, 6.45) is 2.24. The Bertz CT molecular complexity index is 1180. The summed E-state index contributed by atoms with van der Waals surface area (Å²) in [5.74, 6) is 0.180. The Labute approximate surface area is 217 Å². The second kappa shape index (κ2) is 13.1. The van der Waals surface area contributed by atoms with Gasteiger partial charge in [-0.1, -0.05) is 35.3 Å². The third kappa shape index (κ3) is 8.26. The number of aliphatic hydroxyl groups excluding tert-OH is 1. The molecule has 7 nitrogen and oxygen atoms in total. The van der Waals surface area contributed by atoms with Crippen molar-refractivity contribution in [2.75, 3.05) is 19.8 Å². The number of hydrazone groups is 1. The van der Waals surface area contributed by atoms with Crippen LogP contribution in [0.1, 0.15) is 29.9 Å². The Morgan fingerprint density at radius 2 is 1.91 bits per heavy atom. The standard InChI is InChI=1S/C26H27Cl2N3O4.2H2/c1-17-12-23(35-11-10-29-22(16-32)13-18-2-6-21(27)7-3-18)8-4-20(17)15-30-31-26(34)19-5-9-25(33)24(28)14-19;;/h2-9,12,14-15,22,29,32-33H,10-11,13,16H2,1H3,(H,31,34);2*1H/b30-15+;;. The van der Waals surface area contributed by atoms with E-state index in [9.17, 15) is 15.0 Å². The SMILES string of the molecule is Cc1cc(OCCNC(CO)Cc2ccc(Cl)cc2)ccc1/C=N/NC(=O)c1ccc(O)c(Cl)c1.[HH].[HH]. The van der Waals surface area contributed by atoms with Crippen LogP contribution in [-0.4, -0.2) is 48.1 Å². The van der Waals surface area contributed by atoms with E-state index in [1.165, 1.54) is 18.2 Å². The van der Waals surface area contributed by atoms with Gasteiger partial charge in [0.2, 0.25) is 0 Å². The Kier molecular flexibility index (Phi) is 9.93. The van der Waals surface area contributed by atoms with Crippen LogP contribution >= 0.6 is 23.2 Å². The quantitative estimate of drug-likeness (QED) is 0.165. The van der Waals surface area contributed by atoms with Gasteiger partial charge in [0, 0.05) is 26.0 Å². The van der Waals surface area contributed by atoms with Crippen LogP contribution in [0.5, 0.6) is 11.5 Å². The number of phenolic OH excluding ortho intramolecular Hbond substituents is 1. The number of aliphatic hydroxyl groups is 1. The molecule has 0 aromatic heterocycles. The molecule has 0 bridgehead atoms. The minimum absolute atomic E-state index is 0. The van der Waals surface area contributed by atoms with Crippen molar-refractivity contribution in [3.8, 4) is 11.5 Å². The molecule has 0 fully saturated rings. The number of ether oxygens (including phenoxy) is 1. The maximum atomic E-state index is 12.2. The van der Waals surface area contributed by atoms with Gasteiger partial charge in [0.25, 0.3) is 5.91 Å². The number of nitrogens with one attached hydrogen (secondary N) is 2. The largest absolute Gasteiger partial charge is 0.506 e. The minimum Gasteiger partial charge on any atom is -0.506 e. The molecule has 3 rings (SSSR count). The summed E-state index contributed by atoms with van der Waals surface area (Å²) in [4.78, 5) is 12.2. The van der Waals surface area contributed by atoms with Crippen molar-refractivity contribution in [2.24, 2.45) is 5.10 Å². The molecule has 0 spiro atoms. The third-order valence-corrected chi connectivity index (χ3v) is 5.80. The van der Waals surface area contributed by atoms with Crippen LogP contribution in [0.4, 0.5) is 0 Å². The molecule has 1 atom stereocenters. The van der Waals surface area contributed by atoms with Gasteiger partial charge in [0.15, 0.2) is 0 Å². The van der Waals surface area contributed by atoms with Gasteiger partial charge in [-0.15, -0.1) is 0 Å². The Morgan fingerprint density at radius 1 is 1.14 bits per heavy atom. The second-order valence-corrected chi connectivity index (χ2v) is 8.74. The first-order valence-electron chi connectivity index (χ1n) is 11.0. The zero-order chi connectivity index (χ0) is 25.2. The molecular weight excluding hydrogens is 489 g/mol. The summed E-state index contributed by atoms with van der Waals surface area (Å²) in [5, 5.41) is 27.2. The van der Waals surface area contributed by atoms with Crippen molar-refractivity contribution in [1.29, 1.82) is 0 Å². The number of rotatable bonds is 11. The molecule has 3 aromatic rings. The predicted molar refractivity (Wildman–Crippen MR) is 143 cm³/mol. The highest BCUT2D eigenvalue weighted by atomic mass is 35.5. The minimum atomic E-state index is -0.439. The number of carbonyl (C=O) groups is 1. The molecule has 9 heteroatoms. The number of aromatic hydroxyl groups is 1. The summed E-state index contributed by atoms with van der Waals surface area (Å²) in [6, 6.07) is 17.2. The number of nitrogens with zero attached hydrogens (tertiary/aromatic N) is 1. The van der Waals surface area contributed by atoms with Crippen LogP contribution < -0.4 is 15.5 Å². The van der Waals surface area contributed by atoms with E-state index in [0.717, 1.165) is 16.7 Å². The monoisotopic (exact) mass is 519 g/mol. The number of hydrogen-bond acceptors (Lipinski definition) is 6. The van der Waals surface area contributed by atoms with Crippen LogP contribution in [0.15, 0.2) is 65.8 Å². The van der Waals surface area contributed by atoms with Gasteiger partial charge in [0.05, 0.1) is 17.8 Å². The first-order chi connectivity index (χ1) is 16.9. The van der Waals surface area contributed by atoms with Crippen LogP contribution in [0.25, 0.3) is 0 Å². The van der Waals surface area contributed by atoms with Gasteiger partial charge in [-0.25, -0.2) is 5.43 Å². The lowest BCUT2D eigenvalue weighted by Crippen LogP contribution is -2.37. The average Bonchev–Trinajstić information content (AvgIpc) is 2.85. The molecule has 0 heterocycles. The van der Waals surface area contributed by atoms with Crippen LogP contribution in [-0.2, 0) is 6.42 Å². The Balaban J connectivity index is 0.00000342.